The molecule has 208 valence electrons. The van der Waals surface area contributed by atoms with Gasteiger partial charge in [0.05, 0.1) is 32.6 Å². The summed E-state index contributed by atoms with van der Waals surface area (Å²) < 4.78 is 1.48. The molecule has 0 bridgehead atoms. The highest BCUT2D eigenvalue weighted by Gasteiger charge is 2.33. The molecule has 0 aliphatic carbocycles. The van der Waals surface area contributed by atoms with Crippen LogP contribution < -0.4 is 21.5 Å². The Morgan fingerprint density at radius 3 is 1.31 bits per heavy atom. The third kappa shape index (κ3) is 3.00. The second kappa shape index (κ2) is 7.77. The van der Waals surface area contributed by atoms with E-state index in [4.69, 9.17) is 0 Å². The van der Waals surface area contributed by atoms with Crippen molar-refractivity contribution in [2.75, 3.05) is 0 Å². The zero-order valence-corrected chi connectivity index (χ0v) is 27.9. The summed E-state index contributed by atoms with van der Waals surface area (Å²) in [4.78, 5) is 29.4. The second-order valence-electron chi connectivity index (χ2n) is 14.7. The van der Waals surface area contributed by atoms with Gasteiger partial charge < -0.3 is 0 Å². The van der Waals surface area contributed by atoms with Crippen molar-refractivity contribution in [2.45, 2.75) is 60.1 Å². The van der Waals surface area contributed by atoms with Gasteiger partial charge in [0.25, 0.3) is 11.1 Å². The van der Waals surface area contributed by atoms with Crippen molar-refractivity contribution >= 4 is 91.2 Å². The molecule has 42 heavy (non-hydrogen) atoms. The van der Waals surface area contributed by atoms with Gasteiger partial charge in [-0.3, -0.25) is 9.59 Å². The number of rotatable bonds is 3. The predicted octanol–water partition coefficient (Wildman–Crippen LogP) is 7.88. The average Bonchev–Trinajstić information content (AvgIpc) is 3.38. The minimum atomic E-state index is -1.83. The van der Waals surface area contributed by atoms with Gasteiger partial charge in [0.1, 0.15) is 0 Å². The fourth-order valence-electron chi connectivity index (χ4n) is 8.16. The average molecular weight is 582 g/mol. The maximum atomic E-state index is 14.7. The third-order valence-corrected chi connectivity index (χ3v) is 13.8. The Kier molecular flexibility index (Phi) is 4.79. The molecule has 0 spiro atoms. The largest absolute Gasteiger partial charge is 0.268 e. The van der Waals surface area contributed by atoms with Crippen molar-refractivity contribution in [2.24, 2.45) is 0 Å². The van der Waals surface area contributed by atoms with Crippen LogP contribution in [0.1, 0.15) is 16.7 Å². The quantitative estimate of drug-likeness (QED) is 0.157. The number of benzene rings is 6. The van der Waals surface area contributed by atoms with Gasteiger partial charge in [-0.2, -0.15) is 0 Å². The summed E-state index contributed by atoms with van der Waals surface area (Å²) in [5, 5.41) is 15.9. The van der Waals surface area contributed by atoms with E-state index in [0.29, 0.717) is 10.8 Å². The number of hydrogen-bond acceptors (Lipinski definition) is 2. The van der Waals surface area contributed by atoms with Gasteiger partial charge in [0.2, 0.25) is 0 Å². The first-order chi connectivity index (χ1) is 19.7. The van der Waals surface area contributed by atoms with E-state index in [-0.39, 0.29) is 11.1 Å². The van der Waals surface area contributed by atoms with Crippen LogP contribution in [-0.4, -0.2) is 20.7 Å². The maximum absolute atomic E-state index is 14.7. The molecular formula is C37H35NO2Si2. The normalized spacial score (nSPS) is 13.5. The molecule has 7 aromatic carbocycles. The summed E-state index contributed by atoms with van der Waals surface area (Å²) in [5.74, 6) is 0. The first-order valence-electron chi connectivity index (χ1n) is 15.0. The Hall–Kier alpha value is -3.81. The molecule has 5 heteroatoms. The van der Waals surface area contributed by atoms with Crippen LogP contribution in [-0.2, 0) is 0 Å². The molecular weight excluding hydrogens is 547 g/mol. The zero-order chi connectivity index (χ0) is 29.8. The highest BCUT2D eigenvalue weighted by atomic mass is 28.3. The van der Waals surface area contributed by atoms with Crippen LogP contribution >= 0.6 is 0 Å². The highest BCUT2D eigenvalue weighted by molar-refractivity contribution is 6.91. The summed E-state index contributed by atoms with van der Waals surface area (Å²) in [6, 6.07) is 17.9. The van der Waals surface area contributed by atoms with Crippen LogP contribution in [0.2, 0.25) is 39.3 Å². The van der Waals surface area contributed by atoms with Crippen LogP contribution in [0.3, 0.4) is 0 Å². The van der Waals surface area contributed by atoms with E-state index in [1.807, 2.05) is 13.8 Å². The molecule has 8 rings (SSSR count). The number of hydrogen-bond donors (Lipinski definition) is 0. The lowest BCUT2D eigenvalue weighted by Gasteiger charge is -2.21. The standard InChI is InChI=1S/C37H35NO2Si2/c1-18-14-19(2)35(20(3)15-18)38-36(39)33-24-16-26(41(4,5)6)22-12-10-21-11-13-23-27(42(7,8)9)17-25(34(33)37(38)40)32-30(23)28(21)29(22)31(24)32/h10-17H,1-9H3. The Morgan fingerprint density at radius 1 is 0.500 bits per heavy atom. The van der Waals surface area contributed by atoms with Gasteiger partial charge in [0, 0.05) is 0 Å². The fraction of sp³-hybridized carbons (Fsp3) is 0.243. The Bertz CT molecular complexity index is 2380. The summed E-state index contributed by atoms with van der Waals surface area (Å²) in [6.45, 7) is 20.3. The molecule has 0 unspecified atom stereocenters. The van der Waals surface area contributed by atoms with Gasteiger partial charge in [-0.1, -0.05) is 104 Å². The zero-order valence-electron chi connectivity index (χ0n) is 25.9. The van der Waals surface area contributed by atoms with Crippen molar-refractivity contribution in [1.29, 1.82) is 0 Å². The number of fused-ring (bicyclic) bond motifs is 3. The summed E-state index contributed by atoms with van der Waals surface area (Å²) in [7, 11) is -3.66. The molecule has 0 amide bonds. The van der Waals surface area contributed by atoms with Crippen LogP contribution in [0.5, 0.6) is 0 Å². The molecule has 0 fully saturated rings. The predicted molar refractivity (Wildman–Crippen MR) is 188 cm³/mol. The summed E-state index contributed by atoms with van der Waals surface area (Å²) in [6.07, 6.45) is 0. The molecule has 0 aliphatic heterocycles. The maximum Gasteiger partial charge on any atom is 0.266 e. The summed E-state index contributed by atoms with van der Waals surface area (Å²) >= 11 is 0. The molecule has 1 aromatic heterocycles. The molecule has 0 saturated carbocycles. The van der Waals surface area contributed by atoms with Gasteiger partial charge in [0.15, 0.2) is 0 Å². The van der Waals surface area contributed by atoms with Crippen molar-refractivity contribution in [3.05, 3.63) is 85.9 Å². The smallest absolute Gasteiger partial charge is 0.266 e. The first-order valence-corrected chi connectivity index (χ1v) is 22.0. The van der Waals surface area contributed by atoms with Crippen molar-refractivity contribution < 1.29 is 0 Å². The lowest BCUT2D eigenvalue weighted by Crippen LogP contribution is -2.38. The second-order valence-corrected chi connectivity index (χ2v) is 24.8. The molecule has 0 radical (unpaired) electrons. The molecule has 0 N–H and O–H groups in total. The van der Waals surface area contributed by atoms with Crippen LogP contribution in [0, 0.1) is 20.8 Å². The first kappa shape index (κ1) is 25.9. The molecule has 8 aromatic rings. The number of aryl methyl sites for hydroxylation is 3. The fourth-order valence-corrected chi connectivity index (χ4v) is 11.3. The van der Waals surface area contributed by atoms with E-state index in [9.17, 15) is 9.59 Å². The lowest BCUT2D eigenvalue weighted by molar-refractivity contribution is 0.963. The van der Waals surface area contributed by atoms with E-state index in [2.05, 4.69) is 94.7 Å². The minimum Gasteiger partial charge on any atom is -0.268 e. The van der Waals surface area contributed by atoms with Crippen molar-refractivity contribution in [1.82, 2.24) is 4.57 Å². The Labute approximate surface area is 246 Å². The number of aromatic nitrogens is 1. The SMILES string of the molecule is Cc1cc(C)c(-n2c(=O)c3c4cc([Si](C)(C)C)c5ccc6ccc7c([Si](C)(C)C)cc(c3c2=O)c2c7c6c5c42)c(C)c1. The summed E-state index contributed by atoms with van der Waals surface area (Å²) in [5.41, 5.74) is 3.38. The van der Waals surface area contributed by atoms with E-state index in [0.717, 1.165) is 33.2 Å². The van der Waals surface area contributed by atoms with E-state index < -0.39 is 16.1 Å². The minimum absolute atomic E-state index is 0.189. The molecule has 0 aliphatic rings. The highest BCUT2D eigenvalue weighted by Crippen LogP contribution is 2.49. The van der Waals surface area contributed by atoms with Gasteiger partial charge in [-0.05, 0) is 85.8 Å². The Balaban J connectivity index is 1.76. The van der Waals surface area contributed by atoms with Gasteiger partial charge in [-0.25, -0.2) is 4.57 Å². The van der Waals surface area contributed by atoms with Crippen LogP contribution in [0.15, 0.2) is 58.1 Å². The molecule has 3 nitrogen and oxygen atoms in total. The van der Waals surface area contributed by atoms with Crippen LogP contribution in [0.4, 0.5) is 0 Å². The molecule has 0 atom stereocenters. The van der Waals surface area contributed by atoms with E-state index >= 15 is 0 Å². The van der Waals surface area contributed by atoms with Gasteiger partial charge in [-0.15, -0.1) is 0 Å². The van der Waals surface area contributed by atoms with E-state index in [1.165, 1.54) is 58.0 Å². The van der Waals surface area contributed by atoms with Crippen molar-refractivity contribution in [3.8, 4) is 5.69 Å². The van der Waals surface area contributed by atoms with Crippen LogP contribution in [0.25, 0.3) is 70.3 Å². The van der Waals surface area contributed by atoms with Gasteiger partial charge >= 0.3 is 0 Å². The molecule has 0 saturated heterocycles. The Morgan fingerprint density at radius 2 is 0.905 bits per heavy atom. The van der Waals surface area contributed by atoms with Crippen molar-refractivity contribution in [3.63, 3.8) is 0 Å². The third-order valence-electron chi connectivity index (χ3n) is 9.73. The number of nitrogens with zero attached hydrogens (tertiary/aromatic N) is 1. The van der Waals surface area contributed by atoms with E-state index in [1.54, 1.807) is 0 Å². The lowest BCUT2D eigenvalue weighted by atomic mass is 9.95. The molecule has 1 heterocycles. The topological polar surface area (TPSA) is 39.1 Å². The monoisotopic (exact) mass is 581 g/mol.